The largest absolute Gasteiger partial charge is 0.507 e. The van der Waals surface area contributed by atoms with E-state index in [-0.39, 0.29) is 11.3 Å². The molecule has 0 aliphatic heterocycles. The number of aromatic carboxylic acids is 1. The minimum atomic E-state index is -1.11. The molecule has 0 spiro atoms. The first-order valence-electron chi connectivity index (χ1n) is 8.61. The van der Waals surface area contributed by atoms with Crippen LogP contribution in [-0.4, -0.2) is 16.2 Å². The Balaban J connectivity index is 2.00. The summed E-state index contributed by atoms with van der Waals surface area (Å²) in [4.78, 5) is 11.6. The molecule has 3 rings (SSSR count). The molecule has 2 N–H and O–H groups in total. The number of carboxylic acid groups (broad SMARTS) is 1. The van der Waals surface area contributed by atoms with Gasteiger partial charge in [0, 0.05) is 6.42 Å². The van der Waals surface area contributed by atoms with Gasteiger partial charge in [-0.1, -0.05) is 65.7 Å². The molecule has 0 amide bonds. The normalized spacial score (nSPS) is 10.7. The molecule has 0 saturated heterocycles. The van der Waals surface area contributed by atoms with E-state index in [2.05, 4.69) is 6.07 Å². The number of carboxylic acids is 1. The zero-order valence-electron chi connectivity index (χ0n) is 15.0. The summed E-state index contributed by atoms with van der Waals surface area (Å²) in [6.45, 7) is 4.05. The minimum absolute atomic E-state index is 0.0437. The third-order valence-corrected chi connectivity index (χ3v) is 4.45. The first-order valence-corrected chi connectivity index (χ1v) is 8.61. The van der Waals surface area contributed by atoms with Gasteiger partial charge in [0.1, 0.15) is 11.3 Å². The third-order valence-electron chi connectivity index (χ3n) is 4.45. The van der Waals surface area contributed by atoms with Crippen LogP contribution in [-0.2, 0) is 12.8 Å². The highest BCUT2D eigenvalue weighted by molar-refractivity contribution is 5.91. The van der Waals surface area contributed by atoms with Crippen molar-refractivity contribution in [2.24, 2.45) is 0 Å². The van der Waals surface area contributed by atoms with Crippen LogP contribution in [0.3, 0.4) is 0 Å². The Morgan fingerprint density at radius 2 is 1.38 bits per heavy atom. The van der Waals surface area contributed by atoms with Crippen molar-refractivity contribution in [3.8, 4) is 5.75 Å². The van der Waals surface area contributed by atoms with E-state index in [1.807, 2.05) is 62.4 Å². The Hall–Kier alpha value is -3.07. The third kappa shape index (κ3) is 4.12. The second-order valence-electron chi connectivity index (χ2n) is 6.79. The molecule has 0 bridgehead atoms. The number of benzene rings is 3. The van der Waals surface area contributed by atoms with Gasteiger partial charge in [-0.2, -0.15) is 0 Å². The fourth-order valence-electron chi connectivity index (χ4n) is 3.26. The second-order valence-corrected chi connectivity index (χ2v) is 6.79. The van der Waals surface area contributed by atoms with E-state index < -0.39 is 5.97 Å². The Morgan fingerprint density at radius 1 is 0.808 bits per heavy atom. The summed E-state index contributed by atoms with van der Waals surface area (Å²) < 4.78 is 0. The lowest BCUT2D eigenvalue weighted by molar-refractivity contribution is 0.0693. The molecule has 0 fully saturated rings. The summed E-state index contributed by atoms with van der Waals surface area (Å²) in [6.07, 6.45) is 1.12. The van der Waals surface area contributed by atoms with Crippen LogP contribution in [0, 0.1) is 13.8 Å². The van der Waals surface area contributed by atoms with Crippen molar-refractivity contribution >= 4 is 5.97 Å². The van der Waals surface area contributed by atoms with Crippen LogP contribution in [0.4, 0.5) is 0 Å². The first kappa shape index (κ1) is 17.7. The summed E-state index contributed by atoms with van der Waals surface area (Å²) >= 11 is 0. The quantitative estimate of drug-likeness (QED) is 0.691. The molecule has 3 nitrogen and oxygen atoms in total. The van der Waals surface area contributed by atoms with E-state index in [9.17, 15) is 15.0 Å². The maximum atomic E-state index is 11.6. The average Bonchev–Trinajstić information content (AvgIpc) is 2.57. The molecule has 3 heteroatoms. The Kier molecular flexibility index (Phi) is 5.08. The van der Waals surface area contributed by atoms with Gasteiger partial charge in [0.15, 0.2) is 0 Å². The number of carbonyl (C=O) groups is 1. The van der Waals surface area contributed by atoms with E-state index in [0.29, 0.717) is 18.4 Å². The van der Waals surface area contributed by atoms with Crippen LogP contribution >= 0.6 is 0 Å². The highest BCUT2D eigenvalue weighted by atomic mass is 16.4. The van der Waals surface area contributed by atoms with Crippen molar-refractivity contribution in [1.29, 1.82) is 0 Å². The van der Waals surface area contributed by atoms with Gasteiger partial charge in [-0.05, 0) is 48.6 Å². The van der Waals surface area contributed by atoms with Crippen molar-refractivity contribution in [3.63, 3.8) is 0 Å². The first-order chi connectivity index (χ1) is 12.4. The van der Waals surface area contributed by atoms with E-state index >= 15 is 0 Å². The monoisotopic (exact) mass is 346 g/mol. The van der Waals surface area contributed by atoms with Crippen LogP contribution in [0.5, 0.6) is 5.75 Å². The van der Waals surface area contributed by atoms with Crippen LogP contribution < -0.4 is 0 Å². The van der Waals surface area contributed by atoms with E-state index in [0.717, 1.165) is 22.3 Å². The average molecular weight is 346 g/mol. The predicted molar refractivity (Wildman–Crippen MR) is 103 cm³/mol. The van der Waals surface area contributed by atoms with Crippen LogP contribution in [0.25, 0.3) is 0 Å². The highest BCUT2D eigenvalue weighted by Crippen LogP contribution is 2.28. The van der Waals surface area contributed by atoms with E-state index in [4.69, 9.17) is 0 Å². The standard InChI is InChI=1S/C23H22O3/c1-15-5-3-7-17(9-15)11-19-13-20(22(24)21(14-19)23(25)26)12-18-8-4-6-16(2)10-18/h3-10,13-14,24H,11-12H2,1-2H3,(H,25,26). The van der Waals surface area contributed by atoms with Gasteiger partial charge < -0.3 is 10.2 Å². The summed E-state index contributed by atoms with van der Waals surface area (Å²) in [7, 11) is 0. The summed E-state index contributed by atoms with van der Waals surface area (Å²) in [6, 6.07) is 19.6. The van der Waals surface area contributed by atoms with Crippen molar-refractivity contribution < 1.29 is 15.0 Å². The van der Waals surface area contributed by atoms with Gasteiger partial charge in [0.25, 0.3) is 0 Å². The number of aryl methyl sites for hydroxylation is 2. The second kappa shape index (κ2) is 7.44. The SMILES string of the molecule is Cc1cccc(Cc2cc(Cc3cccc(C)c3)c(O)c(C(=O)O)c2)c1. The van der Waals surface area contributed by atoms with Crippen molar-refractivity contribution in [3.05, 3.63) is 99.6 Å². The summed E-state index contributed by atoms with van der Waals surface area (Å²) in [5, 5.41) is 19.9. The minimum Gasteiger partial charge on any atom is -0.507 e. The molecule has 3 aromatic rings. The number of hydrogen-bond donors (Lipinski definition) is 2. The van der Waals surface area contributed by atoms with Crippen molar-refractivity contribution in [2.45, 2.75) is 26.7 Å². The molecular weight excluding hydrogens is 324 g/mol. The van der Waals surface area contributed by atoms with Gasteiger partial charge in [-0.25, -0.2) is 4.79 Å². The molecule has 0 unspecified atom stereocenters. The Bertz CT molecular complexity index is 957. The van der Waals surface area contributed by atoms with Gasteiger partial charge in [0.2, 0.25) is 0 Å². The Morgan fingerprint density at radius 3 is 1.92 bits per heavy atom. The lowest BCUT2D eigenvalue weighted by atomic mass is 9.94. The lowest BCUT2D eigenvalue weighted by Gasteiger charge is -2.12. The van der Waals surface area contributed by atoms with Gasteiger partial charge >= 0.3 is 5.97 Å². The zero-order chi connectivity index (χ0) is 18.7. The maximum absolute atomic E-state index is 11.6. The van der Waals surface area contributed by atoms with E-state index in [1.54, 1.807) is 6.07 Å². The fourth-order valence-corrected chi connectivity index (χ4v) is 3.26. The van der Waals surface area contributed by atoms with Crippen molar-refractivity contribution in [2.75, 3.05) is 0 Å². The van der Waals surface area contributed by atoms with Crippen LogP contribution in [0.15, 0.2) is 60.7 Å². The molecule has 0 saturated carbocycles. The number of hydrogen-bond acceptors (Lipinski definition) is 2. The molecule has 0 aliphatic carbocycles. The maximum Gasteiger partial charge on any atom is 0.339 e. The molecule has 0 atom stereocenters. The Labute approximate surface area is 153 Å². The van der Waals surface area contributed by atoms with Gasteiger partial charge in [0.05, 0.1) is 0 Å². The number of aromatic hydroxyl groups is 1. The zero-order valence-corrected chi connectivity index (χ0v) is 15.0. The molecule has 132 valence electrons. The van der Waals surface area contributed by atoms with Crippen LogP contribution in [0.2, 0.25) is 0 Å². The van der Waals surface area contributed by atoms with Crippen LogP contribution in [0.1, 0.15) is 43.7 Å². The molecule has 0 radical (unpaired) electrons. The predicted octanol–water partition coefficient (Wildman–Crippen LogP) is 4.89. The van der Waals surface area contributed by atoms with Gasteiger partial charge in [-0.15, -0.1) is 0 Å². The van der Waals surface area contributed by atoms with E-state index in [1.165, 1.54) is 5.56 Å². The molecule has 0 heterocycles. The highest BCUT2D eigenvalue weighted by Gasteiger charge is 2.16. The molecule has 3 aromatic carbocycles. The molecule has 0 aromatic heterocycles. The fraction of sp³-hybridized carbons (Fsp3) is 0.174. The van der Waals surface area contributed by atoms with Gasteiger partial charge in [-0.3, -0.25) is 0 Å². The molecule has 0 aliphatic rings. The van der Waals surface area contributed by atoms with Crippen molar-refractivity contribution in [1.82, 2.24) is 0 Å². The smallest absolute Gasteiger partial charge is 0.339 e. The molecule has 26 heavy (non-hydrogen) atoms. The summed E-state index contributed by atoms with van der Waals surface area (Å²) in [5.41, 5.74) is 5.94. The number of phenols is 1. The topological polar surface area (TPSA) is 57.5 Å². The lowest BCUT2D eigenvalue weighted by Crippen LogP contribution is -2.03. The number of rotatable bonds is 5. The molecular formula is C23H22O3. The summed E-state index contributed by atoms with van der Waals surface area (Å²) in [5.74, 6) is -1.26.